The van der Waals surface area contributed by atoms with Gasteiger partial charge in [0.2, 0.25) is 11.8 Å². The van der Waals surface area contributed by atoms with Crippen molar-refractivity contribution in [2.75, 3.05) is 0 Å². The predicted molar refractivity (Wildman–Crippen MR) is 80.4 cm³/mol. The topological polar surface area (TPSA) is 93.8 Å². The van der Waals surface area contributed by atoms with Crippen molar-refractivity contribution in [3.05, 3.63) is 35.6 Å². The molecule has 0 aromatic carbocycles. The van der Waals surface area contributed by atoms with Gasteiger partial charge in [0.05, 0.1) is 0 Å². The second kappa shape index (κ2) is 6.64. The third kappa shape index (κ3) is 3.66. The smallest absolute Gasteiger partial charge is 0.270 e. The van der Waals surface area contributed by atoms with Gasteiger partial charge in [-0.2, -0.15) is 0 Å². The van der Waals surface area contributed by atoms with E-state index in [-0.39, 0.29) is 23.8 Å². The lowest BCUT2D eigenvalue weighted by molar-refractivity contribution is 0.0928. The first-order valence-corrected chi connectivity index (χ1v) is 7.35. The number of nitrogens with one attached hydrogen (secondary N) is 1. The Hall–Kier alpha value is -2.31. The van der Waals surface area contributed by atoms with Gasteiger partial charge in [0.1, 0.15) is 17.6 Å². The molecule has 0 fully saturated rings. The van der Waals surface area contributed by atoms with Crippen LogP contribution in [0.3, 0.4) is 0 Å². The average Bonchev–Trinajstić information content (AvgIpc) is 2.97. The Labute approximate surface area is 129 Å². The van der Waals surface area contributed by atoms with Crippen molar-refractivity contribution >= 4 is 5.91 Å². The standard InChI is InChI=1S/C15H21N5O2/c1-8(2)12-16-7-6-11(18-12)13(21)17-10(5)15-20-19-14(22-15)9(3)4/h6-10H,1-5H3,(H,17,21). The number of carbonyl (C=O) groups excluding carboxylic acids is 1. The first-order chi connectivity index (χ1) is 10.4. The van der Waals surface area contributed by atoms with Gasteiger partial charge in [-0.1, -0.05) is 27.7 Å². The van der Waals surface area contributed by atoms with Crippen LogP contribution in [0, 0.1) is 0 Å². The molecule has 0 radical (unpaired) electrons. The van der Waals surface area contributed by atoms with Crippen LogP contribution < -0.4 is 5.32 Å². The summed E-state index contributed by atoms with van der Waals surface area (Å²) in [7, 11) is 0. The Morgan fingerprint density at radius 3 is 2.36 bits per heavy atom. The maximum absolute atomic E-state index is 12.3. The van der Waals surface area contributed by atoms with Gasteiger partial charge in [-0.25, -0.2) is 9.97 Å². The molecule has 2 rings (SSSR count). The molecule has 1 amide bonds. The molecule has 7 nitrogen and oxygen atoms in total. The highest BCUT2D eigenvalue weighted by molar-refractivity contribution is 5.92. The van der Waals surface area contributed by atoms with Crippen molar-refractivity contribution in [2.24, 2.45) is 0 Å². The van der Waals surface area contributed by atoms with Crippen LogP contribution in [0.15, 0.2) is 16.7 Å². The predicted octanol–water partition coefficient (Wildman–Crippen LogP) is 2.60. The number of hydrogen-bond donors (Lipinski definition) is 1. The van der Waals surface area contributed by atoms with Crippen molar-refractivity contribution in [1.82, 2.24) is 25.5 Å². The first kappa shape index (κ1) is 16.1. The third-order valence-electron chi connectivity index (χ3n) is 3.09. The first-order valence-electron chi connectivity index (χ1n) is 7.35. The van der Waals surface area contributed by atoms with Crippen molar-refractivity contribution in [3.63, 3.8) is 0 Å². The van der Waals surface area contributed by atoms with Crippen LogP contribution in [0.25, 0.3) is 0 Å². The van der Waals surface area contributed by atoms with E-state index in [0.29, 0.717) is 23.3 Å². The van der Waals surface area contributed by atoms with E-state index in [1.54, 1.807) is 19.2 Å². The Kier molecular flexibility index (Phi) is 4.85. The summed E-state index contributed by atoms with van der Waals surface area (Å²) in [6.07, 6.45) is 1.59. The van der Waals surface area contributed by atoms with E-state index in [4.69, 9.17) is 4.42 Å². The number of rotatable bonds is 5. The van der Waals surface area contributed by atoms with Gasteiger partial charge < -0.3 is 9.73 Å². The highest BCUT2D eigenvalue weighted by Crippen LogP contribution is 2.17. The van der Waals surface area contributed by atoms with Crippen molar-refractivity contribution in [1.29, 1.82) is 0 Å². The molecule has 2 heterocycles. The van der Waals surface area contributed by atoms with Crippen LogP contribution in [0.4, 0.5) is 0 Å². The zero-order valence-electron chi connectivity index (χ0n) is 13.5. The fourth-order valence-electron chi connectivity index (χ4n) is 1.77. The number of amides is 1. The molecule has 2 aromatic heterocycles. The quantitative estimate of drug-likeness (QED) is 0.912. The molecule has 0 bridgehead atoms. The fraction of sp³-hybridized carbons (Fsp3) is 0.533. The molecule has 22 heavy (non-hydrogen) atoms. The molecule has 0 saturated heterocycles. The molecule has 0 spiro atoms. The molecule has 0 saturated carbocycles. The van der Waals surface area contributed by atoms with E-state index in [9.17, 15) is 4.79 Å². The summed E-state index contributed by atoms with van der Waals surface area (Å²) in [6.45, 7) is 9.68. The minimum Gasteiger partial charge on any atom is -0.423 e. The summed E-state index contributed by atoms with van der Waals surface area (Å²) in [5.41, 5.74) is 0.328. The van der Waals surface area contributed by atoms with Crippen molar-refractivity contribution in [2.45, 2.75) is 52.5 Å². The molecule has 0 aliphatic carbocycles. The van der Waals surface area contributed by atoms with E-state index in [1.807, 2.05) is 27.7 Å². The molecular formula is C15H21N5O2. The summed E-state index contributed by atoms with van der Waals surface area (Å²) in [6, 6.07) is 1.20. The molecule has 0 aliphatic rings. The number of aromatic nitrogens is 4. The maximum atomic E-state index is 12.3. The summed E-state index contributed by atoms with van der Waals surface area (Å²) >= 11 is 0. The zero-order chi connectivity index (χ0) is 16.3. The van der Waals surface area contributed by atoms with E-state index in [0.717, 1.165) is 0 Å². The minimum atomic E-state index is -0.384. The van der Waals surface area contributed by atoms with Crippen LogP contribution in [-0.2, 0) is 0 Å². The van der Waals surface area contributed by atoms with Gasteiger partial charge in [-0.15, -0.1) is 10.2 Å². The van der Waals surface area contributed by atoms with Gasteiger partial charge in [0.25, 0.3) is 5.91 Å². The molecular weight excluding hydrogens is 282 g/mol. The Bertz CT molecular complexity index is 651. The highest BCUT2D eigenvalue weighted by Gasteiger charge is 2.19. The van der Waals surface area contributed by atoms with Crippen LogP contribution in [0.1, 0.15) is 80.6 Å². The van der Waals surface area contributed by atoms with Gasteiger partial charge in [-0.05, 0) is 13.0 Å². The maximum Gasteiger partial charge on any atom is 0.270 e. The minimum absolute atomic E-state index is 0.152. The second-order valence-electron chi connectivity index (χ2n) is 5.78. The Morgan fingerprint density at radius 1 is 1.09 bits per heavy atom. The van der Waals surface area contributed by atoms with E-state index in [2.05, 4.69) is 25.5 Å². The zero-order valence-corrected chi connectivity index (χ0v) is 13.5. The lowest BCUT2D eigenvalue weighted by atomic mass is 10.2. The van der Waals surface area contributed by atoms with E-state index in [1.165, 1.54) is 0 Å². The summed E-state index contributed by atoms with van der Waals surface area (Å²) in [5, 5.41) is 10.7. The molecule has 0 aliphatic heterocycles. The largest absolute Gasteiger partial charge is 0.423 e. The van der Waals surface area contributed by atoms with Gasteiger partial charge in [0, 0.05) is 18.0 Å². The average molecular weight is 303 g/mol. The van der Waals surface area contributed by atoms with Crippen LogP contribution in [-0.4, -0.2) is 26.1 Å². The second-order valence-corrected chi connectivity index (χ2v) is 5.78. The normalized spacial score (nSPS) is 12.7. The van der Waals surface area contributed by atoms with Crippen LogP contribution >= 0.6 is 0 Å². The van der Waals surface area contributed by atoms with Crippen LogP contribution in [0.2, 0.25) is 0 Å². The van der Waals surface area contributed by atoms with E-state index >= 15 is 0 Å². The third-order valence-corrected chi connectivity index (χ3v) is 3.09. The van der Waals surface area contributed by atoms with Gasteiger partial charge in [-0.3, -0.25) is 4.79 Å². The molecule has 1 atom stereocenters. The fourth-order valence-corrected chi connectivity index (χ4v) is 1.77. The number of carbonyl (C=O) groups is 1. The van der Waals surface area contributed by atoms with Gasteiger partial charge in [0.15, 0.2) is 0 Å². The van der Waals surface area contributed by atoms with E-state index < -0.39 is 0 Å². The highest BCUT2D eigenvalue weighted by atomic mass is 16.4. The lowest BCUT2D eigenvalue weighted by Crippen LogP contribution is -2.28. The molecule has 1 N–H and O–H groups in total. The Balaban J connectivity index is 2.08. The van der Waals surface area contributed by atoms with Crippen molar-refractivity contribution < 1.29 is 9.21 Å². The number of hydrogen-bond acceptors (Lipinski definition) is 6. The summed E-state index contributed by atoms with van der Waals surface area (Å²) in [4.78, 5) is 20.7. The molecule has 118 valence electrons. The number of nitrogens with zero attached hydrogens (tertiary/aromatic N) is 4. The molecule has 2 aromatic rings. The Morgan fingerprint density at radius 2 is 1.77 bits per heavy atom. The molecule has 7 heteroatoms. The van der Waals surface area contributed by atoms with Crippen LogP contribution in [0.5, 0.6) is 0 Å². The van der Waals surface area contributed by atoms with Gasteiger partial charge >= 0.3 is 0 Å². The lowest BCUT2D eigenvalue weighted by Gasteiger charge is -2.10. The molecule has 1 unspecified atom stereocenters. The van der Waals surface area contributed by atoms with Crippen molar-refractivity contribution in [3.8, 4) is 0 Å². The monoisotopic (exact) mass is 303 g/mol. The summed E-state index contributed by atoms with van der Waals surface area (Å²) in [5.74, 6) is 1.60. The SMILES string of the molecule is CC(C)c1nccc(C(=O)NC(C)c2nnc(C(C)C)o2)n1. The summed E-state index contributed by atoms with van der Waals surface area (Å²) < 4.78 is 5.54.